The average Bonchev–Trinajstić information content (AvgIpc) is 2.78. The molecule has 0 spiro atoms. The Bertz CT molecular complexity index is 496. The molecule has 0 amide bonds. The summed E-state index contributed by atoms with van der Waals surface area (Å²) >= 11 is -1.31. The van der Waals surface area contributed by atoms with Crippen LogP contribution in [-0.4, -0.2) is 12.7 Å². The van der Waals surface area contributed by atoms with E-state index in [-0.39, 0.29) is 0 Å². The van der Waals surface area contributed by atoms with Crippen LogP contribution in [0.1, 0.15) is 98.3 Å². The second-order valence-corrected chi connectivity index (χ2v) is 21.9. The number of nitrogens with one attached hydrogen (secondary N) is 1. The molecule has 0 aliphatic heterocycles. The van der Waals surface area contributed by atoms with Crippen molar-refractivity contribution in [2.45, 2.75) is 117 Å². The summed E-state index contributed by atoms with van der Waals surface area (Å²) in [5, 5.41) is 0. The molecule has 149 valence electrons. The van der Waals surface area contributed by atoms with Crippen LogP contribution in [0, 0.1) is 5.92 Å². The molecule has 1 saturated carbocycles. The maximum atomic E-state index is 4.40. The Kier molecular flexibility index (Phi) is 9.93. The molecule has 1 atom stereocenters. The van der Waals surface area contributed by atoms with Gasteiger partial charge in [0.05, 0.1) is 0 Å². The van der Waals surface area contributed by atoms with Crippen molar-refractivity contribution in [3.63, 3.8) is 0 Å². The van der Waals surface area contributed by atoms with E-state index in [4.69, 9.17) is 0 Å². The van der Waals surface area contributed by atoms with Gasteiger partial charge in [0.15, 0.2) is 0 Å². The van der Waals surface area contributed by atoms with Crippen LogP contribution in [0.15, 0.2) is 20.6 Å². The van der Waals surface area contributed by atoms with Gasteiger partial charge in [0.1, 0.15) is 0 Å². The van der Waals surface area contributed by atoms with Crippen LogP contribution in [0.25, 0.3) is 0 Å². The maximum absolute atomic E-state index is 4.40. The predicted molar refractivity (Wildman–Crippen MR) is 117 cm³/mol. The molecule has 1 nitrogen and oxygen atoms in total. The zero-order valence-electron chi connectivity index (χ0n) is 18.5. The Morgan fingerprint density at radius 2 is 1.23 bits per heavy atom. The Hall–Kier alpha value is 0.371. The van der Waals surface area contributed by atoms with Crippen molar-refractivity contribution in [2.24, 2.45) is 5.92 Å². The minimum absolute atomic E-state index is 0.632. The van der Waals surface area contributed by atoms with Gasteiger partial charge in [0.25, 0.3) is 0 Å². The van der Waals surface area contributed by atoms with E-state index in [0.29, 0.717) is 0 Å². The molecule has 26 heavy (non-hydrogen) atoms. The van der Waals surface area contributed by atoms with Gasteiger partial charge in [-0.05, 0) is 0 Å². The van der Waals surface area contributed by atoms with Crippen LogP contribution in [0.3, 0.4) is 0 Å². The van der Waals surface area contributed by atoms with Gasteiger partial charge in [0.2, 0.25) is 0 Å². The average molecular weight is 411 g/mol. The third-order valence-corrected chi connectivity index (χ3v) is 18.8. The molecule has 2 aliphatic carbocycles. The van der Waals surface area contributed by atoms with Crippen molar-refractivity contribution >= 4 is 6.66 Å². The van der Waals surface area contributed by atoms with Crippen molar-refractivity contribution in [3.05, 3.63) is 20.6 Å². The number of hydrogen-bond donors (Lipinski definition) is 1. The number of rotatable bonds is 4. The van der Waals surface area contributed by atoms with Gasteiger partial charge in [0, 0.05) is 0 Å². The molecule has 0 aromatic rings. The van der Waals surface area contributed by atoms with Crippen molar-refractivity contribution in [1.82, 2.24) is 3.80 Å². The van der Waals surface area contributed by atoms with Gasteiger partial charge in [-0.2, -0.15) is 0 Å². The molecule has 0 heterocycles. The van der Waals surface area contributed by atoms with Crippen molar-refractivity contribution in [3.8, 4) is 0 Å². The zero-order chi connectivity index (χ0) is 19.1. The topological polar surface area (TPSA) is 12.0 Å². The summed E-state index contributed by atoms with van der Waals surface area (Å²) in [6.07, 6.45) is 16.1. The monoisotopic (exact) mass is 410 g/mol. The first-order chi connectivity index (χ1) is 12.4. The molecule has 0 radical (unpaired) electrons. The first-order valence-electron chi connectivity index (χ1n) is 11.5. The summed E-state index contributed by atoms with van der Waals surface area (Å²) in [7, 11) is 0. The molecule has 0 saturated heterocycles. The summed E-state index contributed by atoms with van der Waals surface area (Å²) < 4.78 is 6.31. The Labute approximate surface area is 171 Å². The van der Waals surface area contributed by atoms with E-state index in [0.717, 1.165) is 12.0 Å². The number of allylic oxidation sites excluding steroid dienone is 4. The van der Waals surface area contributed by atoms with Gasteiger partial charge in [-0.1, -0.05) is 0 Å². The van der Waals surface area contributed by atoms with E-state index in [2.05, 4.69) is 44.6 Å². The van der Waals surface area contributed by atoms with Crippen LogP contribution in [-0.2, 0) is 17.4 Å². The zero-order valence-corrected chi connectivity index (χ0v) is 21.2. The molecule has 2 aliphatic rings. The standard InChI is InChI=1S/C12H24N.C9H13.C2H7Si.Ti/c13-12-10-8-6-4-2-1-3-5-7-9-11-12;1-6-5-7(2)9(4)8(6)3;1-3-2;/h12-13H,1-11H2;6H,1-4H3;3H,1-2H3;/q-1;;;+1. The number of hydrogen-bond acceptors (Lipinski definition) is 1. The fourth-order valence-corrected chi connectivity index (χ4v) is 16.6. The second kappa shape index (κ2) is 11.4. The normalized spacial score (nSPS) is 24.8. The first kappa shape index (κ1) is 22.7. The second-order valence-electron chi connectivity index (χ2n) is 9.24. The summed E-state index contributed by atoms with van der Waals surface area (Å²) in [6.45, 7) is 14.3. The third kappa shape index (κ3) is 6.19. The molecule has 1 unspecified atom stereocenters. The SMILES string of the molecule is CC1=C(C)C(C)[C]([Ti]([NH]C2CCCCCCCCCCC2)[SiH](C)C)=C1C. The minimum atomic E-state index is -1.31. The third-order valence-electron chi connectivity index (χ3n) is 6.97. The van der Waals surface area contributed by atoms with Crippen LogP contribution >= 0.6 is 0 Å². The van der Waals surface area contributed by atoms with Crippen molar-refractivity contribution < 1.29 is 17.4 Å². The van der Waals surface area contributed by atoms with E-state index >= 15 is 0 Å². The molecule has 3 heteroatoms. The quantitative estimate of drug-likeness (QED) is 0.491. The summed E-state index contributed by atoms with van der Waals surface area (Å²) in [5.41, 5.74) is 4.93. The molecule has 0 bridgehead atoms. The van der Waals surface area contributed by atoms with Gasteiger partial charge in [-0.25, -0.2) is 0 Å². The van der Waals surface area contributed by atoms with Gasteiger partial charge in [-0.15, -0.1) is 0 Å². The fraction of sp³-hybridized carbons (Fsp3) is 0.826. The van der Waals surface area contributed by atoms with Gasteiger partial charge < -0.3 is 0 Å². The van der Waals surface area contributed by atoms with Gasteiger partial charge in [-0.3, -0.25) is 0 Å². The van der Waals surface area contributed by atoms with Crippen LogP contribution in [0.2, 0.25) is 13.1 Å². The summed E-state index contributed by atoms with van der Waals surface area (Å²) in [6, 6.07) is 0.813. The fourth-order valence-electron chi connectivity index (χ4n) is 4.88. The van der Waals surface area contributed by atoms with Crippen LogP contribution < -0.4 is 3.80 Å². The Morgan fingerprint density at radius 1 is 0.769 bits per heavy atom. The van der Waals surface area contributed by atoms with Crippen LogP contribution in [0.5, 0.6) is 0 Å². The van der Waals surface area contributed by atoms with E-state index in [1.54, 1.807) is 16.7 Å². The summed E-state index contributed by atoms with van der Waals surface area (Å²) in [5.74, 6) is 0.721. The molecule has 1 fully saturated rings. The van der Waals surface area contributed by atoms with Crippen molar-refractivity contribution in [2.75, 3.05) is 0 Å². The molecule has 1 N–H and O–H groups in total. The Balaban J connectivity index is 2.07. The van der Waals surface area contributed by atoms with Gasteiger partial charge >= 0.3 is 172 Å². The van der Waals surface area contributed by atoms with E-state index in [9.17, 15) is 0 Å². The van der Waals surface area contributed by atoms with Crippen molar-refractivity contribution in [1.29, 1.82) is 0 Å². The molecular formula is C23H44NSiTi. The van der Waals surface area contributed by atoms with E-state index in [1.807, 2.05) is 3.88 Å². The van der Waals surface area contributed by atoms with E-state index < -0.39 is 24.0 Å². The summed E-state index contributed by atoms with van der Waals surface area (Å²) in [4.78, 5) is 0. The first-order valence-corrected chi connectivity index (χ1v) is 18.6. The molecule has 0 aromatic carbocycles. The Morgan fingerprint density at radius 3 is 1.62 bits per heavy atom. The molecule has 2 rings (SSSR count). The predicted octanol–water partition coefficient (Wildman–Crippen LogP) is 7.03. The molecule has 0 aromatic heterocycles. The molecular weight excluding hydrogens is 366 g/mol. The van der Waals surface area contributed by atoms with E-state index in [1.165, 1.54) is 70.6 Å². The van der Waals surface area contributed by atoms with Crippen LogP contribution in [0.4, 0.5) is 0 Å².